The summed E-state index contributed by atoms with van der Waals surface area (Å²) in [7, 11) is 0. The van der Waals surface area contributed by atoms with Gasteiger partial charge in [0.15, 0.2) is 0 Å². The highest BCUT2D eigenvalue weighted by Gasteiger charge is 2.31. The fraction of sp³-hybridized carbons (Fsp3) is 0.609. The zero-order valence-electron chi connectivity index (χ0n) is 17.7. The molecule has 0 saturated carbocycles. The number of nitrogens with one attached hydrogen (secondary N) is 1. The fourth-order valence-corrected chi connectivity index (χ4v) is 5.04. The zero-order chi connectivity index (χ0) is 19.8. The van der Waals surface area contributed by atoms with Crippen molar-refractivity contribution in [2.24, 2.45) is 5.92 Å². The second-order valence-electron chi connectivity index (χ2n) is 8.59. The Morgan fingerprint density at radius 3 is 2.36 bits per heavy atom. The number of carbonyl (C=O) groups excluding carboxylic acids is 1. The molecule has 1 amide bonds. The highest BCUT2D eigenvalue weighted by Crippen LogP contribution is 2.30. The molecule has 1 atom stereocenters. The molecule has 0 unspecified atom stereocenters. The van der Waals surface area contributed by atoms with Crippen LogP contribution in [0.4, 0.5) is 0 Å². The number of benzene rings is 1. The molecule has 152 valence electrons. The van der Waals surface area contributed by atoms with Crippen molar-refractivity contribution in [3.8, 4) is 0 Å². The number of aryl methyl sites for hydroxylation is 3. The number of morpholine rings is 1. The number of hydrogen-bond donors (Lipinski definition) is 1. The van der Waals surface area contributed by atoms with Gasteiger partial charge in [-0.2, -0.15) is 0 Å². The Bertz CT molecular complexity index is 858. The van der Waals surface area contributed by atoms with Crippen LogP contribution in [0.15, 0.2) is 12.1 Å². The molecule has 4 rings (SSSR count). The molecule has 2 aliphatic heterocycles. The number of likely N-dealkylation sites (tertiary alicyclic amines) is 1. The van der Waals surface area contributed by atoms with E-state index in [0.717, 1.165) is 69.0 Å². The number of fused-ring (bicyclic) bond motifs is 1. The van der Waals surface area contributed by atoms with E-state index in [-0.39, 0.29) is 5.91 Å². The van der Waals surface area contributed by atoms with Gasteiger partial charge in [0.05, 0.1) is 13.2 Å². The Hall–Kier alpha value is -1.85. The predicted octanol–water partition coefficient (Wildman–Crippen LogP) is 3.67. The maximum Gasteiger partial charge on any atom is 0.270 e. The Labute approximate surface area is 168 Å². The van der Waals surface area contributed by atoms with E-state index in [4.69, 9.17) is 4.74 Å². The SMILES string of the molecule is Cc1ccc(C)c2c(C)c(C(=O)N3CCC([C@@H](C)N4CCOCC4)CC3)[nH]c12. The molecule has 0 bridgehead atoms. The number of piperidine rings is 1. The van der Waals surface area contributed by atoms with Crippen LogP contribution in [-0.4, -0.2) is 66.1 Å². The van der Waals surface area contributed by atoms with E-state index in [1.165, 1.54) is 16.5 Å². The molecular weight excluding hydrogens is 350 g/mol. The third-order valence-electron chi connectivity index (χ3n) is 6.97. The monoisotopic (exact) mass is 383 g/mol. The summed E-state index contributed by atoms with van der Waals surface area (Å²) in [5.41, 5.74) is 5.39. The molecule has 1 aromatic carbocycles. The lowest BCUT2D eigenvalue weighted by atomic mass is 9.89. The van der Waals surface area contributed by atoms with Crippen LogP contribution in [0, 0.1) is 26.7 Å². The lowest BCUT2D eigenvalue weighted by Gasteiger charge is -2.41. The van der Waals surface area contributed by atoms with Crippen LogP contribution in [0.25, 0.3) is 10.9 Å². The number of aromatic nitrogens is 1. The number of ether oxygens (including phenoxy) is 1. The van der Waals surface area contributed by atoms with Gasteiger partial charge in [0.25, 0.3) is 5.91 Å². The van der Waals surface area contributed by atoms with Crippen LogP contribution in [0.3, 0.4) is 0 Å². The van der Waals surface area contributed by atoms with Gasteiger partial charge in [-0.1, -0.05) is 12.1 Å². The molecule has 1 aromatic heterocycles. The van der Waals surface area contributed by atoms with Crippen molar-refractivity contribution in [1.29, 1.82) is 0 Å². The van der Waals surface area contributed by atoms with E-state index >= 15 is 0 Å². The van der Waals surface area contributed by atoms with E-state index in [2.05, 4.69) is 49.7 Å². The second kappa shape index (κ2) is 7.88. The van der Waals surface area contributed by atoms with Gasteiger partial charge in [-0.15, -0.1) is 0 Å². The van der Waals surface area contributed by atoms with Gasteiger partial charge in [0.2, 0.25) is 0 Å². The lowest BCUT2D eigenvalue weighted by Crippen LogP contribution is -2.49. The van der Waals surface area contributed by atoms with E-state index in [0.29, 0.717) is 12.0 Å². The van der Waals surface area contributed by atoms with Gasteiger partial charge in [-0.05, 0) is 63.1 Å². The fourth-order valence-electron chi connectivity index (χ4n) is 5.04. The largest absolute Gasteiger partial charge is 0.379 e. The number of H-pyrrole nitrogens is 1. The molecule has 2 aromatic rings. The first kappa shape index (κ1) is 19.5. The summed E-state index contributed by atoms with van der Waals surface area (Å²) >= 11 is 0. The molecule has 2 fully saturated rings. The van der Waals surface area contributed by atoms with Crippen molar-refractivity contribution >= 4 is 16.8 Å². The van der Waals surface area contributed by atoms with Crippen molar-refractivity contribution in [2.45, 2.75) is 46.6 Å². The van der Waals surface area contributed by atoms with Gasteiger partial charge in [-0.25, -0.2) is 0 Å². The van der Waals surface area contributed by atoms with Crippen LogP contribution < -0.4 is 0 Å². The molecular formula is C23H33N3O2. The molecule has 3 heterocycles. The predicted molar refractivity (Wildman–Crippen MR) is 113 cm³/mol. The Kier molecular flexibility index (Phi) is 5.48. The van der Waals surface area contributed by atoms with Crippen LogP contribution in [0.2, 0.25) is 0 Å². The summed E-state index contributed by atoms with van der Waals surface area (Å²) in [5, 5.41) is 1.21. The smallest absolute Gasteiger partial charge is 0.270 e. The third-order valence-corrected chi connectivity index (χ3v) is 6.97. The van der Waals surface area contributed by atoms with Gasteiger partial charge in [0, 0.05) is 43.1 Å². The molecule has 28 heavy (non-hydrogen) atoms. The topological polar surface area (TPSA) is 48.6 Å². The van der Waals surface area contributed by atoms with Gasteiger partial charge in [0.1, 0.15) is 5.69 Å². The number of amides is 1. The van der Waals surface area contributed by atoms with Gasteiger partial charge in [-0.3, -0.25) is 9.69 Å². The van der Waals surface area contributed by atoms with Crippen molar-refractivity contribution in [1.82, 2.24) is 14.8 Å². The maximum atomic E-state index is 13.3. The highest BCUT2D eigenvalue weighted by atomic mass is 16.5. The molecule has 5 nitrogen and oxygen atoms in total. The summed E-state index contributed by atoms with van der Waals surface area (Å²) in [6.07, 6.45) is 2.17. The average Bonchev–Trinajstić information content (AvgIpc) is 3.09. The quantitative estimate of drug-likeness (QED) is 0.880. The highest BCUT2D eigenvalue weighted by molar-refractivity contribution is 6.02. The summed E-state index contributed by atoms with van der Waals surface area (Å²) in [6, 6.07) is 4.84. The molecule has 2 saturated heterocycles. The maximum absolute atomic E-state index is 13.3. The Balaban J connectivity index is 1.46. The van der Waals surface area contributed by atoms with Gasteiger partial charge >= 0.3 is 0 Å². The average molecular weight is 384 g/mol. The molecule has 2 aliphatic rings. The molecule has 0 aliphatic carbocycles. The number of hydrogen-bond acceptors (Lipinski definition) is 3. The Morgan fingerprint density at radius 2 is 1.71 bits per heavy atom. The summed E-state index contributed by atoms with van der Waals surface area (Å²) in [5.74, 6) is 0.820. The van der Waals surface area contributed by atoms with E-state index in [9.17, 15) is 4.79 Å². The molecule has 0 spiro atoms. The summed E-state index contributed by atoms with van der Waals surface area (Å²) in [4.78, 5) is 21.3. The van der Waals surface area contributed by atoms with Crippen LogP contribution in [-0.2, 0) is 4.74 Å². The molecule has 1 N–H and O–H groups in total. The normalized spacial score (nSPS) is 20.6. The van der Waals surface area contributed by atoms with E-state index < -0.39 is 0 Å². The van der Waals surface area contributed by atoms with Crippen molar-refractivity contribution < 1.29 is 9.53 Å². The van der Waals surface area contributed by atoms with Crippen molar-refractivity contribution in [3.63, 3.8) is 0 Å². The van der Waals surface area contributed by atoms with Crippen molar-refractivity contribution in [2.75, 3.05) is 39.4 Å². The number of nitrogens with zero attached hydrogens (tertiary/aromatic N) is 2. The minimum absolute atomic E-state index is 0.157. The number of carbonyl (C=O) groups is 1. The van der Waals surface area contributed by atoms with Crippen LogP contribution in [0.1, 0.15) is 46.9 Å². The Morgan fingerprint density at radius 1 is 1.07 bits per heavy atom. The lowest BCUT2D eigenvalue weighted by molar-refractivity contribution is -0.000984. The molecule has 5 heteroatoms. The first-order valence-corrected chi connectivity index (χ1v) is 10.7. The standard InChI is InChI=1S/C23H33N3O2/c1-15-5-6-16(2)21-20(15)17(3)22(24-21)23(27)26-9-7-19(8-10-26)18(4)25-11-13-28-14-12-25/h5-6,18-19,24H,7-14H2,1-4H3/t18-/m1/s1. The first-order chi connectivity index (χ1) is 13.5. The van der Waals surface area contributed by atoms with E-state index in [1.54, 1.807) is 0 Å². The van der Waals surface area contributed by atoms with Crippen LogP contribution in [0.5, 0.6) is 0 Å². The number of rotatable bonds is 3. The molecule has 0 radical (unpaired) electrons. The van der Waals surface area contributed by atoms with Crippen molar-refractivity contribution in [3.05, 3.63) is 34.5 Å². The van der Waals surface area contributed by atoms with Crippen LogP contribution >= 0.6 is 0 Å². The third kappa shape index (κ3) is 3.46. The minimum atomic E-state index is 0.157. The van der Waals surface area contributed by atoms with Gasteiger partial charge < -0.3 is 14.6 Å². The van der Waals surface area contributed by atoms with E-state index in [1.807, 2.05) is 4.90 Å². The zero-order valence-corrected chi connectivity index (χ0v) is 17.7. The summed E-state index contributed by atoms with van der Waals surface area (Å²) < 4.78 is 5.49. The minimum Gasteiger partial charge on any atom is -0.379 e. The summed E-state index contributed by atoms with van der Waals surface area (Å²) in [6.45, 7) is 14.1. The number of aromatic amines is 1. The second-order valence-corrected chi connectivity index (χ2v) is 8.59. The first-order valence-electron chi connectivity index (χ1n) is 10.7.